The molecule has 0 aliphatic carbocycles. The number of hydrogen-bond donors (Lipinski definition) is 1. The highest BCUT2D eigenvalue weighted by Gasteiger charge is 2.19. The molecule has 7 nitrogen and oxygen atoms in total. The highest BCUT2D eigenvalue weighted by Crippen LogP contribution is 2.34. The monoisotopic (exact) mass is 415 g/mol. The van der Waals surface area contributed by atoms with Crippen LogP contribution in [0.2, 0.25) is 0 Å². The molecule has 0 radical (unpaired) electrons. The lowest BCUT2D eigenvalue weighted by atomic mass is 10.1. The molecule has 1 N–H and O–H groups in total. The summed E-state index contributed by atoms with van der Waals surface area (Å²) in [4.78, 5) is 36.6. The van der Waals surface area contributed by atoms with E-state index < -0.39 is 18.0 Å². The van der Waals surface area contributed by atoms with Gasteiger partial charge in [0.15, 0.2) is 23.4 Å². The summed E-state index contributed by atoms with van der Waals surface area (Å²) in [7, 11) is 0. The van der Waals surface area contributed by atoms with Gasteiger partial charge in [0.05, 0.1) is 5.75 Å². The molecular weight excluding hydrogens is 394 g/mol. The van der Waals surface area contributed by atoms with Gasteiger partial charge in [-0.1, -0.05) is 12.1 Å². The minimum Gasteiger partial charge on any atom is -0.486 e. The Morgan fingerprint density at radius 3 is 2.62 bits per heavy atom. The second kappa shape index (κ2) is 9.47. The fraction of sp³-hybridized carbons (Fsp3) is 0.286. The van der Waals surface area contributed by atoms with Crippen molar-refractivity contribution in [1.29, 1.82) is 0 Å². The van der Waals surface area contributed by atoms with Crippen LogP contribution in [-0.4, -0.2) is 42.7 Å². The van der Waals surface area contributed by atoms with Gasteiger partial charge in [0.1, 0.15) is 13.2 Å². The van der Waals surface area contributed by atoms with E-state index in [2.05, 4.69) is 5.32 Å². The van der Waals surface area contributed by atoms with E-state index in [0.717, 1.165) is 4.90 Å². The van der Waals surface area contributed by atoms with Gasteiger partial charge in [0.25, 0.3) is 5.91 Å². The van der Waals surface area contributed by atoms with Gasteiger partial charge in [0, 0.05) is 16.1 Å². The summed E-state index contributed by atoms with van der Waals surface area (Å²) in [6.45, 7) is 3.96. The summed E-state index contributed by atoms with van der Waals surface area (Å²) in [5, 5.41) is 2.64. The number of amides is 1. The number of thioether (sulfide) groups is 1. The summed E-state index contributed by atoms with van der Waals surface area (Å²) in [6, 6.07) is 12.0. The summed E-state index contributed by atoms with van der Waals surface area (Å²) in [5.74, 6) is 0.305. The summed E-state index contributed by atoms with van der Waals surface area (Å²) in [6.07, 6.45) is -0.968. The fourth-order valence-corrected chi connectivity index (χ4v) is 3.31. The zero-order valence-corrected chi connectivity index (χ0v) is 16.9. The van der Waals surface area contributed by atoms with Crippen LogP contribution < -0.4 is 14.8 Å². The van der Waals surface area contributed by atoms with Crippen LogP contribution in [0.5, 0.6) is 11.5 Å². The van der Waals surface area contributed by atoms with Crippen molar-refractivity contribution in [3.05, 3.63) is 48.0 Å². The molecule has 0 saturated carbocycles. The Bertz CT molecular complexity index is 929. The Morgan fingerprint density at radius 2 is 1.86 bits per heavy atom. The number of ketones is 1. The van der Waals surface area contributed by atoms with E-state index in [0.29, 0.717) is 36.0 Å². The van der Waals surface area contributed by atoms with Crippen LogP contribution in [0.25, 0.3) is 0 Å². The van der Waals surface area contributed by atoms with Gasteiger partial charge in [-0.2, -0.15) is 0 Å². The van der Waals surface area contributed by atoms with Gasteiger partial charge in [-0.3, -0.25) is 14.4 Å². The van der Waals surface area contributed by atoms with Gasteiger partial charge < -0.3 is 19.5 Å². The van der Waals surface area contributed by atoms with Gasteiger partial charge in [0.2, 0.25) is 0 Å². The third-order valence-electron chi connectivity index (χ3n) is 4.08. The highest BCUT2D eigenvalue weighted by atomic mass is 32.2. The minimum atomic E-state index is -0.968. The van der Waals surface area contributed by atoms with Crippen molar-refractivity contribution in [3.8, 4) is 11.5 Å². The van der Waals surface area contributed by atoms with Gasteiger partial charge in [-0.25, -0.2) is 0 Å². The maximum absolute atomic E-state index is 12.3. The molecule has 0 saturated heterocycles. The number of benzene rings is 2. The fourth-order valence-electron chi connectivity index (χ4n) is 2.60. The van der Waals surface area contributed by atoms with E-state index in [1.807, 2.05) is 12.1 Å². The number of hydrogen-bond acceptors (Lipinski definition) is 7. The number of ether oxygens (including phenoxy) is 3. The number of esters is 1. The van der Waals surface area contributed by atoms with E-state index >= 15 is 0 Å². The van der Waals surface area contributed by atoms with Crippen molar-refractivity contribution < 1.29 is 28.6 Å². The number of fused-ring (bicyclic) bond motifs is 1. The number of carbonyl (C=O) groups is 3. The number of nitrogens with one attached hydrogen (secondary N) is 1. The lowest BCUT2D eigenvalue weighted by Gasteiger charge is -2.18. The average molecular weight is 415 g/mol. The Kier molecular flexibility index (Phi) is 6.77. The van der Waals surface area contributed by atoms with Gasteiger partial charge in [-0.15, -0.1) is 11.8 Å². The lowest BCUT2D eigenvalue weighted by Crippen LogP contribution is -2.30. The smallest absolute Gasteiger partial charge is 0.317 e. The van der Waals surface area contributed by atoms with E-state index in [9.17, 15) is 14.4 Å². The first-order valence-corrected chi connectivity index (χ1v) is 10.0. The molecule has 8 heteroatoms. The van der Waals surface area contributed by atoms with Crippen LogP contribution in [0.4, 0.5) is 5.69 Å². The number of anilines is 1. The third-order valence-corrected chi connectivity index (χ3v) is 5.05. The largest absolute Gasteiger partial charge is 0.486 e. The standard InChI is InChI=1S/C21H21NO6S/c1-13(23)15-4-3-5-16(10-15)22-21(25)14(2)28-20(24)12-29-17-6-7-18-19(11-17)27-9-8-26-18/h3-7,10-11,14H,8-9,12H2,1-2H3,(H,22,25)/t14-/m1/s1. The molecule has 3 rings (SSSR count). The molecule has 2 aromatic carbocycles. The van der Waals surface area contributed by atoms with Crippen LogP contribution >= 0.6 is 11.8 Å². The van der Waals surface area contributed by atoms with E-state index in [4.69, 9.17) is 14.2 Å². The molecular formula is C21H21NO6S. The number of carbonyl (C=O) groups excluding carboxylic acids is 3. The van der Waals surface area contributed by atoms with Crippen LogP contribution in [-0.2, 0) is 14.3 Å². The molecule has 152 valence electrons. The zero-order chi connectivity index (χ0) is 20.8. The summed E-state index contributed by atoms with van der Waals surface area (Å²) in [5.41, 5.74) is 0.958. The molecule has 29 heavy (non-hydrogen) atoms. The first-order chi connectivity index (χ1) is 13.9. The Morgan fingerprint density at radius 1 is 1.10 bits per heavy atom. The average Bonchev–Trinajstić information content (AvgIpc) is 2.72. The molecule has 1 aliphatic rings. The quantitative estimate of drug-likeness (QED) is 0.421. The van der Waals surface area contributed by atoms with Gasteiger partial charge in [-0.05, 0) is 44.2 Å². The highest BCUT2D eigenvalue weighted by molar-refractivity contribution is 8.00. The van der Waals surface area contributed by atoms with Crippen molar-refractivity contribution in [2.45, 2.75) is 24.8 Å². The van der Waals surface area contributed by atoms with E-state index in [1.165, 1.54) is 25.6 Å². The lowest BCUT2D eigenvalue weighted by molar-refractivity contribution is -0.150. The molecule has 0 fully saturated rings. The van der Waals surface area contributed by atoms with Crippen LogP contribution in [0.1, 0.15) is 24.2 Å². The molecule has 2 aromatic rings. The van der Waals surface area contributed by atoms with Crippen molar-refractivity contribution in [1.82, 2.24) is 0 Å². The molecule has 1 amide bonds. The normalized spacial score (nSPS) is 13.3. The van der Waals surface area contributed by atoms with E-state index in [-0.39, 0.29) is 11.5 Å². The van der Waals surface area contributed by atoms with E-state index in [1.54, 1.807) is 30.3 Å². The SMILES string of the molecule is CC(=O)c1cccc(NC(=O)[C@@H](C)OC(=O)CSc2ccc3c(c2)OCCO3)c1. The molecule has 0 unspecified atom stereocenters. The Hall–Kier alpha value is -3.00. The minimum absolute atomic E-state index is 0.0527. The second-order valence-electron chi connectivity index (χ2n) is 6.35. The van der Waals surface area contributed by atoms with Crippen LogP contribution in [0, 0.1) is 0 Å². The van der Waals surface area contributed by atoms with Crippen molar-refractivity contribution in [3.63, 3.8) is 0 Å². The predicted molar refractivity (Wildman–Crippen MR) is 109 cm³/mol. The van der Waals surface area contributed by atoms with Gasteiger partial charge >= 0.3 is 5.97 Å². The molecule has 0 spiro atoms. The maximum Gasteiger partial charge on any atom is 0.317 e. The summed E-state index contributed by atoms with van der Waals surface area (Å²) < 4.78 is 16.2. The van der Waals surface area contributed by atoms with Crippen LogP contribution in [0.3, 0.4) is 0 Å². The number of Topliss-reactive ketones (excluding diaryl/α,β-unsaturated/α-hetero) is 1. The molecule has 0 bridgehead atoms. The third kappa shape index (κ3) is 5.74. The first kappa shape index (κ1) is 20.7. The molecule has 1 atom stereocenters. The maximum atomic E-state index is 12.3. The second-order valence-corrected chi connectivity index (χ2v) is 7.40. The van der Waals surface area contributed by atoms with Crippen molar-refractivity contribution in [2.24, 2.45) is 0 Å². The Labute approximate surface area is 172 Å². The van der Waals surface area contributed by atoms with Crippen molar-refractivity contribution in [2.75, 3.05) is 24.3 Å². The molecule has 1 heterocycles. The Balaban J connectivity index is 1.49. The molecule has 0 aromatic heterocycles. The van der Waals surface area contributed by atoms with Crippen LogP contribution in [0.15, 0.2) is 47.4 Å². The topological polar surface area (TPSA) is 90.9 Å². The predicted octanol–water partition coefficient (Wildman–Crippen LogP) is 3.32. The zero-order valence-electron chi connectivity index (χ0n) is 16.1. The summed E-state index contributed by atoms with van der Waals surface area (Å²) >= 11 is 1.28. The first-order valence-electron chi connectivity index (χ1n) is 9.06. The van der Waals surface area contributed by atoms with Crippen molar-refractivity contribution >= 4 is 35.1 Å². The molecule has 1 aliphatic heterocycles. The number of rotatable bonds is 7.